The lowest BCUT2D eigenvalue weighted by atomic mass is 10.1. The van der Waals surface area contributed by atoms with Crippen molar-refractivity contribution in [2.24, 2.45) is 5.73 Å². The van der Waals surface area contributed by atoms with Gasteiger partial charge in [0, 0.05) is 6.04 Å². The Morgan fingerprint density at radius 3 is 2.61 bits per heavy atom. The molecular formula is C14H18N4. The van der Waals surface area contributed by atoms with Gasteiger partial charge in [0.15, 0.2) is 5.82 Å². The topological polar surface area (TPSA) is 56.7 Å². The number of nitrogens with zero attached hydrogens (tertiary/aromatic N) is 3. The molecule has 2 aromatic rings. The van der Waals surface area contributed by atoms with Gasteiger partial charge in [-0.3, -0.25) is 0 Å². The minimum absolute atomic E-state index is 0.186. The quantitative estimate of drug-likeness (QED) is 0.899. The van der Waals surface area contributed by atoms with E-state index in [9.17, 15) is 0 Å². The first-order valence-electron chi connectivity index (χ1n) is 6.56. The third-order valence-electron chi connectivity index (χ3n) is 3.76. The maximum atomic E-state index is 6.31. The standard InChI is InChI=1S/C14H18N4/c15-13(11-6-2-1-3-7-11)14-17-16-10-18(14)12-8-4-5-9-12/h1-3,6-7,10,12-13H,4-5,8-9,15H2. The van der Waals surface area contributed by atoms with Crippen molar-refractivity contribution in [3.63, 3.8) is 0 Å². The predicted molar refractivity (Wildman–Crippen MR) is 70.0 cm³/mol. The third kappa shape index (κ3) is 2.04. The summed E-state index contributed by atoms with van der Waals surface area (Å²) >= 11 is 0. The van der Waals surface area contributed by atoms with Crippen LogP contribution in [0.15, 0.2) is 36.7 Å². The van der Waals surface area contributed by atoms with Gasteiger partial charge in [0.05, 0.1) is 6.04 Å². The summed E-state index contributed by atoms with van der Waals surface area (Å²) in [5.41, 5.74) is 7.39. The summed E-state index contributed by atoms with van der Waals surface area (Å²) in [6.07, 6.45) is 6.85. The summed E-state index contributed by atoms with van der Waals surface area (Å²) in [6.45, 7) is 0. The molecule has 1 unspecified atom stereocenters. The molecule has 94 valence electrons. The molecule has 1 aliphatic carbocycles. The van der Waals surface area contributed by atoms with E-state index < -0.39 is 0 Å². The van der Waals surface area contributed by atoms with Crippen LogP contribution in [0.4, 0.5) is 0 Å². The Morgan fingerprint density at radius 2 is 1.89 bits per heavy atom. The van der Waals surface area contributed by atoms with Crippen molar-refractivity contribution >= 4 is 0 Å². The second kappa shape index (κ2) is 4.90. The van der Waals surface area contributed by atoms with Gasteiger partial charge < -0.3 is 10.3 Å². The Bertz CT molecular complexity index is 500. The van der Waals surface area contributed by atoms with Crippen LogP contribution in [0.1, 0.15) is 49.2 Å². The van der Waals surface area contributed by atoms with Crippen LogP contribution in [-0.2, 0) is 0 Å². The fourth-order valence-corrected chi connectivity index (χ4v) is 2.75. The summed E-state index contributed by atoms with van der Waals surface area (Å²) in [5, 5.41) is 8.27. The minimum Gasteiger partial charge on any atom is -0.318 e. The van der Waals surface area contributed by atoms with Crippen LogP contribution in [0.2, 0.25) is 0 Å². The lowest BCUT2D eigenvalue weighted by molar-refractivity contribution is 0.487. The number of rotatable bonds is 3. The molecule has 4 nitrogen and oxygen atoms in total. The molecule has 0 radical (unpaired) electrons. The number of hydrogen-bond donors (Lipinski definition) is 1. The highest BCUT2D eigenvalue weighted by molar-refractivity contribution is 5.24. The van der Waals surface area contributed by atoms with E-state index in [1.54, 1.807) is 0 Å². The van der Waals surface area contributed by atoms with Gasteiger partial charge in [0.25, 0.3) is 0 Å². The van der Waals surface area contributed by atoms with Crippen molar-refractivity contribution in [3.05, 3.63) is 48.0 Å². The van der Waals surface area contributed by atoms with Crippen molar-refractivity contribution in [2.75, 3.05) is 0 Å². The van der Waals surface area contributed by atoms with Gasteiger partial charge >= 0.3 is 0 Å². The van der Waals surface area contributed by atoms with Gasteiger partial charge in [-0.05, 0) is 18.4 Å². The Balaban J connectivity index is 1.90. The monoisotopic (exact) mass is 242 g/mol. The summed E-state index contributed by atoms with van der Waals surface area (Å²) < 4.78 is 2.17. The van der Waals surface area contributed by atoms with Crippen LogP contribution in [0.5, 0.6) is 0 Å². The van der Waals surface area contributed by atoms with Gasteiger partial charge in [0.2, 0.25) is 0 Å². The summed E-state index contributed by atoms with van der Waals surface area (Å²) in [4.78, 5) is 0. The van der Waals surface area contributed by atoms with Crippen molar-refractivity contribution in [2.45, 2.75) is 37.8 Å². The maximum absolute atomic E-state index is 6.31. The molecule has 1 aromatic heterocycles. The zero-order valence-electron chi connectivity index (χ0n) is 10.4. The SMILES string of the molecule is NC(c1ccccc1)c1nncn1C1CCCC1. The lowest BCUT2D eigenvalue weighted by Gasteiger charge is -2.17. The summed E-state index contributed by atoms with van der Waals surface area (Å²) in [5.74, 6) is 0.883. The molecule has 0 bridgehead atoms. The van der Waals surface area contributed by atoms with E-state index in [-0.39, 0.29) is 6.04 Å². The van der Waals surface area contributed by atoms with Gasteiger partial charge in [-0.2, -0.15) is 0 Å². The molecule has 18 heavy (non-hydrogen) atoms. The van der Waals surface area contributed by atoms with E-state index in [0.29, 0.717) is 6.04 Å². The second-order valence-corrected chi connectivity index (χ2v) is 4.92. The average molecular weight is 242 g/mol. The molecular weight excluding hydrogens is 224 g/mol. The summed E-state index contributed by atoms with van der Waals surface area (Å²) in [7, 11) is 0. The molecule has 1 aliphatic rings. The van der Waals surface area contributed by atoms with Gasteiger partial charge in [-0.25, -0.2) is 0 Å². The Kier molecular flexibility index (Phi) is 3.11. The smallest absolute Gasteiger partial charge is 0.154 e. The molecule has 1 aromatic carbocycles. The Labute approximate surface area is 107 Å². The Hall–Kier alpha value is -1.68. The van der Waals surface area contributed by atoms with Crippen LogP contribution in [0, 0.1) is 0 Å². The largest absolute Gasteiger partial charge is 0.318 e. The normalized spacial score (nSPS) is 18.1. The zero-order chi connectivity index (χ0) is 12.4. The zero-order valence-corrected chi connectivity index (χ0v) is 10.4. The average Bonchev–Trinajstić information content (AvgIpc) is 3.09. The molecule has 2 N–H and O–H groups in total. The van der Waals surface area contributed by atoms with Crippen LogP contribution < -0.4 is 5.73 Å². The molecule has 1 fully saturated rings. The van der Waals surface area contributed by atoms with E-state index in [1.165, 1.54) is 25.7 Å². The number of benzene rings is 1. The van der Waals surface area contributed by atoms with E-state index >= 15 is 0 Å². The molecule has 0 saturated heterocycles. The lowest BCUT2D eigenvalue weighted by Crippen LogP contribution is -2.19. The highest BCUT2D eigenvalue weighted by atomic mass is 15.3. The first-order chi connectivity index (χ1) is 8.86. The van der Waals surface area contributed by atoms with Crippen LogP contribution >= 0.6 is 0 Å². The van der Waals surface area contributed by atoms with Crippen LogP contribution in [-0.4, -0.2) is 14.8 Å². The molecule has 0 amide bonds. The van der Waals surface area contributed by atoms with Crippen molar-refractivity contribution in [3.8, 4) is 0 Å². The highest BCUT2D eigenvalue weighted by Gasteiger charge is 2.23. The maximum Gasteiger partial charge on any atom is 0.154 e. The van der Waals surface area contributed by atoms with E-state index in [4.69, 9.17) is 5.73 Å². The first kappa shape index (κ1) is 11.4. The molecule has 4 heteroatoms. The second-order valence-electron chi connectivity index (χ2n) is 4.92. The molecule has 1 saturated carbocycles. The predicted octanol–water partition coefficient (Wildman–Crippen LogP) is 2.44. The number of aromatic nitrogens is 3. The Morgan fingerprint density at radius 1 is 1.17 bits per heavy atom. The highest BCUT2D eigenvalue weighted by Crippen LogP contribution is 2.31. The van der Waals surface area contributed by atoms with Gasteiger partial charge in [0.1, 0.15) is 6.33 Å². The number of hydrogen-bond acceptors (Lipinski definition) is 3. The molecule has 3 rings (SSSR count). The third-order valence-corrected chi connectivity index (χ3v) is 3.76. The minimum atomic E-state index is -0.186. The van der Waals surface area contributed by atoms with Crippen LogP contribution in [0.25, 0.3) is 0 Å². The van der Waals surface area contributed by atoms with Gasteiger partial charge in [-0.1, -0.05) is 43.2 Å². The fraction of sp³-hybridized carbons (Fsp3) is 0.429. The van der Waals surface area contributed by atoms with E-state index in [0.717, 1.165) is 11.4 Å². The summed E-state index contributed by atoms with van der Waals surface area (Å²) in [6, 6.07) is 10.4. The molecule has 0 aliphatic heterocycles. The molecule has 0 spiro atoms. The van der Waals surface area contributed by atoms with Crippen molar-refractivity contribution < 1.29 is 0 Å². The fourth-order valence-electron chi connectivity index (χ4n) is 2.75. The molecule has 1 atom stereocenters. The van der Waals surface area contributed by atoms with Crippen LogP contribution in [0.3, 0.4) is 0 Å². The van der Waals surface area contributed by atoms with E-state index in [1.807, 2.05) is 36.7 Å². The number of nitrogens with two attached hydrogens (primary N) is 1. The van der Waals surface area contributed by atoms with E-state index in [2.05, 4.69) is 14.8 Å². The first-order valence-corrected chi connectivity index (χ1v) is 6.56. The molecule has 1 heterocycles. The van der Waals surface area contributed by atoms with Gasteiger partial charge in [-0.15, -0.1) is 10.2 Å². The van der Waals surface area contributed by atoms with Crippen molar-refractivity contribution in [1.29, 1.82) is 0 Å². The van der Waals surface area contributed by atoms with Crippen molar-refractivity contribution in [1.82, 2.24) is 14.8 Å².